The van der Waals surface area contributed by atoms with Crippen LogP contribution in [0.25, 0.3) is 55.7 Å². The normalized spacial score (nSPS) is 11.4. The van der Waals surface area contributed by atoms with E-state index in [9.17, 15) is 0 Å². The van der Waals surface area contributed by atoms with Gasteiger partial charge in [-0.2, -0.15) is 0 Å². The molecular weight excluding hydrogens is 520 g/mol. The van der Waals surface area contributed by atoms with Crippen molar-refractivity contribution in [3.05, 3.63) is 132 Å². The number of hydrogen-bond acceptors (Lipinski definition) is 2. The van der Waals surface area contributed by atoms with Crippen LogP contribution in [0.15, 0.2) is 132 Å². The number of aromatic nitrogens is 4. The van der Waals surface area contributed by atoms with Gasteiger partial charge in [0, 0.05) is 45.7 Å². The van der Waals surface area contributed by atoms with Gasteiger partial charge in [0.05, 0.1) is 22.4 Å². The van der Waals surface area contributed by atoms with E-state index in [2.05, 4.69) is 141 Å². The largest absolute Gasteiger partial charge is 0.317 e. The van der Waals surface area contributed by atoms with Gasteiger partial charge in [-0.3, -0.25) is 0 Å². The number of para-hydroxylation sites is 2. The molecule has 0 saturated heterocycles. The molecule has 5 heteroatoms. The average molecular weight is 541 g/mol. The molecular formula is C32H21BrN4. The van der Waals surface area contributed by atoms with E-state index in [0.717, 1.165) is 44.9 Å². The fourth-order valence-electron chi connectivity index (χ4n) is 4.94. The molecule has 176 valence electrons. The summed E-state index contributed by atoms with van der Waals surface area (Å²) in [6.45, 7) is 0. The summed E-state index contributed by atoms with van der Waals surface area (Å²) < 4.78 is 4.98. The van der Waals surface area contributed by atoms with E-state index >= 15 is 0 Å². The van der Waals surface area contributed by atoms with Gasteiger partial charge in [0.15, 0.2) is 4.73 Å². The minimum atomic E-state index is 0.573. The van der Waals surface area contributed by atoms with Crippen LogP contribution < -0.4 is 0 Å². The number of rotatable bonds is 4. The maximum Gasteiger partial charge on any atom is 0.197 e. The molecule has 4 nitrogen and oxygen atoms in total. The Hall–Kier alpha value is -4.48. The highest BCUT2D eigenvalue weighted by Gasteiger charge is 2.12. The lowest BCUT2D eigenvalue weighted by molar-refractivity contribution is 1.12. The molecule has 0 atom stereocenters. The van der Waals surface area contributed by atoms with Crippen molar-refractivity contribution in [3.63, 3.8) is 0 Å². The molecule has 4 aromatic carbocycles. The summed E-state index contributed by atoms with van der Waals surface area (Å²) >= 11 is 3.55. The Morgan fingerprint density at radius 3 is 1.41 bits per heavy atom. The van der Waals surface area contributed by atoms with E-state index in [1.807, 2.05) is 12.1 Å². The molecule has 37 heavy (non-hydrogen) atoms. The van der Waals surface area contributed by atoms with E-state index in [0.29, 0.717) is 4.73 Å². The van der Waals surface area contributed by atoms with Crippen molar-refractivity contribution in [2.24, 2.45) is 0 Å². The summed E-state index contributed by atoms with van der Waals surface area (Å²) in [5, 5.41) is 2.34. The van der Waals surface area contributed by atoms with Gasteiger partial charge < -0.3 is 9.13 Å². The molecule has 0 aliphatic heterocycles. The quantitative estimate of drug-likeness (QED) is 0.210. The lowest BCUT2D eigenvalue weighted by Gasteiger charge is -2.09. The van der Waals surface area contributed by atoms with Crippen molar-refractivity contribution < 1.29 is 0 Å². The van der Waals surface area contributed by atoms with Crippen molar-refractivity contribution in [2.45, 2.75) is 0 Å². The first kappa shape index (κ1) is 21.8. The van der Waals surface area contributed by atoms with E-state index < -0.39 is 0 Å². The smallest absolute Gasteiger partial charge is 0.197 e. The highest BCUT2D eigenvalue weighted by molar-refractivity contribution is 9.10. The van der Waals surface area contributed by atoms with Gasteiger partial charge in [-0.05, 0) is 82.7 Å². The van der Waals surface area contributed by atoms with Crippen molar-refractivity contribution in [1.82, 2.24) is 19.1 Å². The Bertz CT molecular complexity index is 1750. The summed E-state index contributed by atoms with van der Waals surface area (Å²) in [4.78, 5) is 9.40. The van der Waals surface area contributed by atoms with Crippen LogP contribution in [0, 0.1) is 0 Å². The highest BCUT2D eigenvalue weighted by atomic mass is 79.9. The third-order valence-electron chi connectivity index (χ3n) is 6.74. The van der Waals surface area contributed by atoms with Gasteiger partial charge in [0.2, 0.25) is 0 Å². The lowest BCUT2D eigenvalue weighted by Crippen LogP contribution is -1.94. The van der Waals surface area contributed by atoms with Crippen LogP contribution in [-0.4, -0.2) is 19.1 Å². The molecule has 0 aliphatic rings. The maximum atomic E-state index is 4.70. The van der Waals surface area contributed by atoms with Gasteiger partial charge in [-0.25, -0.2) is 9.97 Å². The molecule has 7 aromatic rings. The van der Waals surface area contributed by atoms with Gasteiger partial charge in [-0.15, -0.1) is 0 Å². The number of nitrogens with zero attached hydrogens (tertiary/aromatic N) is 4. The van der Waals surface area contributed by atoms with Gasteiger partial charge in [-0.1, -0.05) is 48.5 Å². The van der Waals surface area contributed by atoms with Crippen LogP contribution in [-0.2, 0) is 0 Å². The van der Waals surface area contributed by atoms with E-state index in [1.165, 1.54) is 10.8 Å². The molecule has 0 saturated carbocycles. The number of benzene rings is 4. The molecule has 0 bridgehead atoms. The molecule has 0 amide bonds. The molecule has 0 unspecified atom stereocenters. The summed E-state index contributed by atoms with van der Waals surface area (Å²) in [6.07, 6.45) is 4.23. The van der Waals surface area contributed by atoms with Crippen LogP contribution in [0.1, 0.15) is 0 Å². The molecule has 3 heterocycles. The Kier molecular flexibility index (Phi) is 5.22. The molecule has 0 aliphatic carbocycles. The molecule has 0 radical (unpaired) electrons. The van der Waals surface area contributed by atoms with Crippen LogP contribution in [0.2, 0.25) is 0 Å². The maximum absolute atomic E-state index is 4.70. The predicted molar refractivity (Wildman–Crippen MR) is 154 cm³/mol. The molecule has 3 aromatic heterocycles. The molecule has 0 spiro atoms. The van der Waals surface area contributed by atoms with Gasteiger partial charge in [0.1, 0.15) is 0 Å². The van der Waals surface area contributed by atoms with Crippen molar-refractivity contribution in [3.8, 4) is 33.9 Å². The second-order valence-corrected chi connectivity index (χ2v) is 9.71. The van der Waals surface area contributed by atoms with E-state index in [1.54, 1.807) is 0 Å². The summed E-state index contributed by atoms with van der Waals surface area (Å²) in [7, 11) is 0. The van der Waals surface area contributed by atoms with Crippen LogP contribution in [0.5, 0.6) is 0 Å². The fraction of sp³-hybridized carbons (Fsp3) is 0. The number of hydrogen-bond donors (Lipinski definition) is 0. The summed E-state index contributed by atoms with van der Waals surface area (Å²) in [5.41, 5.74) is 8.50. The minimum absolute atomic E-state index is 0.573. The third kappa shape index (κ3) is 3.94. The first-order chi connectivity index (χ1) is 18.2. The predicted octanol–water partition coefficient (Wildman–Crippen LogP) is 8.46. The van der Waals surface area contributed by atoms with Crippen LogP contribution in [0.3, 0.4) is 0 Å². The van der Waals surface area contributed by atoms with Crippen LogP contribution >= 0.6 is 15.9 Å². The number of fused-ring (bicyclic) bond motifs is 2. The Morgan fingerprint density at radius 2 is 0.946 bits per heavy atom. The Morgan fingerprint density at radius 1 is 0.486 bits per heavy atom. The first-order valence-electron chi connectivity index (χ1n) is 12.1. The second kappa shape index (κ2) is 8.87. The zero-order valence-corrected chi connectivity index (χ0v) is 21.4. The number of halogens is 1. The standard InChI is InChI=1S/C32H21BrN4/c33-32-34-28(22-11-13-30-24(19-22)15-17-36(30)26-7-3-1-4-8-26)21-29(35-32)23-12-14-31-25(20-23)16-18-37(31)27-9-5-2-6-10-27/h1-21H. The zero-order chi connectivity index (χ0) is 24.8. The highest BCUT2D eigenvalue weighted by Crippen LogP contribution is 2.31. The van der Waals surface area contributed by atoms with Gasteiger partial charge in [0.25, 0.3) is 0 Å². The fourth-order valence-corrected chi connectivity index (χ4v) is 5.33. The Balaban J connectivity index is 1.27. The zero-order valence-electron chi connectivity index (χ0n) is 19.8. The van der Waals surface area contributed by atoms with Crippen molar-refractivity contribution in [1.29, 1.82) is 0 Å². The molecule has 0 N–H and O–H groups in total. The third-order valence-corrected chi connectivity index (χ3v) is 7.09. The van der Waals surface area contributed by atoms with Crippen molar-refractivity contribution >= 4 is 37.7 Å². The average Bonchev–Trinajstić information content (AvgIpc) is 3.57. The summed E-state index contributed by atoms with van der Waals surface area (Å²) in [6, 6.07) is 40.1. The monoisotopic (exact) mass is 540 g/mol. The van der Waals surface area contributed by atoms with E-state index in [4.69, 9.17) is 9.97 Å². The summed E-state index contributed by atoms with van der Waals surface area (Å²) in [5.74, 6) is 0. The van der Waals surface area contributed by atoms with E-state index in [-0.39, 0.29) is 0 Å². The SMILES string of the molecule is Brc1nc(-c2ccc3c(ccn3-c3ccccc3)c2)cc(-c2ccc3c(ccn3-c3ccccc3)c2)n1. The molecule has 0 fully saturated rings. The Labute approximate surface area is 222 Å². The van der Waals surface area contributed by atoms with Crippen LogP contribution in [0.4, 0.5) is 0 Å². The van der Waals surface area contributed by atoms with Crippen molar-refractivity contribution in [2.75, 3.05) is 0 Å². The minimum Gasteiger partial charge on any atom is -0.317 e. The first-order valence-corrected chi connectivity index (χ1v) is 12.9. The lowest BCUT2D eigenvalue weighted by atomic mass is 10.1. The second-order valence-electron chi connectivity index (χ2n) is 9.00. The molecule has 7 rings (SSSR count). The topological polar surface area (TPSA) is 35.6 Å². The van der Waals surface area contributed by atoms with Gasteiger partial charge >= 0.3 is 0 Å².